The van der Waals surface area contributed by atoms with Crippen molar-refractivity contribution in [2.24, 2.45) is 11.0 Å². The van der Waals surface area contributed by atoms with E-state index in [0.29, 0.717) is 18.0 Å². The van der Waals surface area contributed by atoms with Crippen molar-refractivity contribution in [2.75, 3.05) is 18.1 Å². The Balaban J connectivity index is 1.53. The van der Waals surface area contributed by atoms with Crippen LogP contribution in [0.3, 0.4) is 0 Å². The van der Waals surface area contributed by atoms with Crippen LogP contribution in [0.2, 0.25) is 0 Å². The van der Waals surface area contributed by atoms with Crippen molar-refractivity contribution < 1.29 is 9.90 Å². The number of benzene rings is 1. The van der Waals surface area contributed by atoms with Crippen LogP contribution in [0.4, 0.5) is 5.69 Å². The molecule has 1 saturated carbocycles. The van der Waals surface area contributed by atoms with Gasteiger partial charge in [0.05, 0.1) is 11.8 Å². The average Bonchev–Trinajstić information content (AvgIpc) is 2.99. The van der Waals surface area contributed by atoms with Gasteiger partial charge < -0.3 is 10.4 Å². The molecule has 2 N–H and O–H groups in total. The second kappa shape index (κ2) is 7.13. The number of anilines is 1. The predicted octanol–water partition coefficient (Wildman–Crippen LogP) is 2.55. The zero-order valence-corrected chi connectivity index (χ0v) is 13.7. The lowest BCUT2D eigenvalue weighted by atomic mass is 9.87. The van der Waals surface area contributed by atoms with E-state index < -0.39 is 0 Å². The molecule has 1 aromatic carbocycles. The van der Waals surface area contributed by atoms with Crippen molar-refractivity contribution in [1.29, 1.82) is 0 Å². The summed E-state index contributed by atoms with van der Waals surface area (Å²) in [5, 5.41) is 19.1. The highest BCUT2D eigenvalue weighted by Crippen LogP contribution is 2.24. The van der Waals surface area contributed by atoms with Gasteiger partial charge in [0.2, 0.25) is 0 Å². The second-order valence-electron chi connectivity index (χ2n) is 6.65. The normalized spacial score (nSPS) is 24.4. The van der Waals surface area contributed by atoms with Crippen molar-refractivity contribution in [3.05, 3.63) is 29.8 Å². The average molecular weight is 315 g/mol. The molecule has 1 amide bonds. The number of aliphatic hydroxyl groups is 1. The summed E-state index contributed by atoms with van der Waals surface area (Å²) in [6.07, 6.45) is 4.62. The molecule has 3 rings (SSSR count). The van der Waals surface area contributed by atoms with Crippen LogP contribution in [0.1, 0.15) is 49.4 Å². The SMILES string of the molecule is CC1=NN(c2ccc(C(=O)NCC3CCCC(O)C3)cc2)CC1. The number of rotatable bonds is 4. The van der Waals surface area contributed by atoms with Crippen LogP contribution < -0.4 is 10.3 Å². The molecule has 2 unspecified atom stereocenters. The van der Waals surface area contributed by atoms with Gasteiger partial charge in [0.15, 0.2) is 0 Å². The van der Waals surface area contributed by atoms with Crippen LogP contribution in [-0.2, 0) is 0 Å². The summed E-state index contributed by atoms with van der Waals surface area (Å²) in [5.74, 6) is 0.349. The van der Waals surface area contributed by atoms with Gasteiger partial charge in [-0.15, -0.1) is 0 Å². The van der Waals surface area contributed by atoms with Crippen molar-refractivity contribution in [3.8, 4) is 0 Å². The molecule has 1 aliphatic heterocycles. The first-order valence-electron chi connectivity index (χ1n) is 8.50. The molecule has 1 aromatic rings. The van der Waals surface area contributed by atoms with Gasteiger partial charge in [-0.05, 0) is 56.4 Å². The number of nitrogens with one attached hydrogen (secondary N) is 1. The number of hydrogen-bond acceptors (Lipinski definition) is 4. The number of carbonyl (C=O) groups excluding carboxylic acids is 1. The molecule has 1 fully saturated rings. The molecular weight excluding hydrogens is 290 g/mol. The number of hydrogen-bond donors (Lipinski definition) is 2. The molecule has 0 spiro atoms. The summed E-state index contributed by atoms with van der Waals surface area (Å²) in [4.78, 5) is 12.2. The Kier molecular flexibility index (Phi) is 4.96. The Bertz CT molecular complexity index is 582. The third-order valence-electron chi connectivity index (χ3n) is 4.71. The van der Waals surface area contributed by atoms with E-state index in [1.807, 2.05) is 36.2 Å². The summed E-state index contributed by atoms with van der Waals surface area (Å²) in [6.45, 7) is 3.58. The number of carbonyl (C=O) groups is 1. The van der Waals surface area contributed by atoms with Gasteiger partial charge in [-0.1, -0.05) is 6.42 Å². The number of nitrogens with zero attached hydrogens (tertiary/aromatic N) is 2. The first-order chi connectivity index (χ1) is 11.1. The topological polar surface area (TPSA) is 64.9 Å². The van der Waals surface area contributed by atoms with Crippen molar-refractivity contribution in [3.63, 3.8) is 0 Å². The van der Waals surface area contributed by atoms with Crippen molar-refractivity contribution in [2.45, 2.75) is 45.1 Å². The number of amides is 1. The zero-order valence-electron chi connectivity index (χ0n) is 13.7. The Hall–Kier alpha value is -1.88. The van der Waals surface area contributed by atoms with E-state index in [1.54, 1.807) is 0 Å². The van der Waals surface area contributed by atoms with E-state index in [9.17, 15) is 9.90 Å². The molecule has 2 atom stereocenters. The van der Waals surface area contributed by atoms with E-state index in [4.69, 9.17) is 0 Å². The summed E-state index contributed by atoms with van der Waals surface area (Å²) < 4.78 is 0. The molecule has 1 aliphatic carbocycles. The Morgan fingerprint density at radius 3 is 2.78 bits per heavy atom. The first-order valence-corrected chi connectivity index (χ1v) is 8.50. The highest BCUT2D eigenvalue weighted by atomic mass is 16.3. The van der Waals surface area contributed by atoms with Crippen molar-refractivity contribution in [1.82, 2.24) is 5.32 Å². The Labute approximate surface area is 137 Å². The predicted molar refractivity (Wildman–Crippen MR) is 91.8 cm³/mol. The van der Waals surface area contributed by atoms with Gasteiger partial charge in [0.25, 0.3) is 5.91 Å². The first kappa shape index (κ1) is 16.0. The Morgan fingerprint density at radius 1 is 1.35 bits per heavy atom. The van der Waals surface area contributed by atoms with Crippen LogP contribution in [0.15, 0.2) is 29.4 Å². The van der Waals surface area contributed by atoms with E-state index in [1.165, 1.54) is 0 Å². The summed E-state index contributed by atoms with van der Waals surface area (Å²) >= 11 is 0. The van der Waals surface area contributed by atoms with E-state index in [0.717, 1.165) is 50.0 Å². The number of aliphatic hydroxyl groups excluding tert-OH is 1. The fraction of sp³-hybridized carbons (Fsp3) is 0.556. The van der Waals surface area contributed by atoms with Gasteiger partial charge in [-0.25, -0.2) is 0 Å². The van der Waals surface area contributed by atoms with Gasteiger partial charge >= 0.3 is 0 Å². The summed E-state index contributed by atoms with van der Waals surface area (Å²) in [5.41, 5.74) is 2.83. The lowest BCUT2D eigenvalue weighted by Gasteiger charge is -2.25. The molecule has 0 saturated heterocycles. The largest absolute Gasteiger partial charge is 0.393 e. The van der Waals surface area contributed by atoms with Gasteiger partial charge in [-0.3, -0.25) is 9.80 Å². The maximum atomic E-state index is 12.2. The fourth-order valence-corrected chi connectivity index (χ4v) is 3.33. The highest BCUT2D eigenvalue weighted by Gasteiger charge is 2.21. The lowest BCUT2D eigenvalue weighted by molar-refractivity contribution is 0.0874. The summed E-state index contributed by atoms with van der Waals surface area (Å²) in [7, 11) is 0. The van der Waals surface area contributed by atoms with Crippen LogP contribution in [0.25, 0.3) is 0 Å². The lowest BCUT2D eigenvalue weighted by Crippen LogP contribution is -2.32. The van der Waals surface area contributed by atoms with Crippen molar-refractivity contribution >= 4 is 17.3 Å². The quantitative estimate of drug-likeness (QED) is 0.897. The molecule has 5 nitrogen and oxygen atoms in total. The molecule has 2 aliphatic rings. The standard InChI is InChI=1S/C18H25N3O2/c1-13-9-10-21(20-13)16-7-5-15(6-8-16)18(23)19-12-14-3-2-4-17(22)11-14/h5-8,14,17,22H,2-4,9-12H2,1H3,(H,19,23). The molecule has 0 aromatic heterocycles. The van der Waals surface area contributed by atoms with E-state index in [2.05, 4.69) is 10.4 Å². The Morgan fingerprint density at radius 2 is 2.13 bits per heavy atom. The minimum absolute atomic E-state index is 0.0438. The van der Waals surface area contributed by atoms with E-state index >= 15 is 0 Å². The monoisotopic (exact) mass is 315 g/mol. The smallest absolute Gasteiger partial charge is 0.251 e. The zero-order chi connectivity index (χ0) is 16.2. The summed E-state index contributed by atoms with van der Waals surface area (Å²) in [6, 6.07) is 7.59. The molecule has 5 heteroatoms. The van der Waals surface area contributed by atoms with Crippen LogP contribution in [0, 0.1) is 5.92 Å². The minimum Gasteiger partial charge on any atom is -0.393 e. The molecule has 0 radical (unpaired) electrons. The molecule has 23 heavy (non-hydrogen) atoms. The second-order valence-corrected chi connectivity index (χ2v) is 6.65. The minimum atomic E-state index is -0.200. The van der Waals surface area contributed by atoms with Gasteiger partial charge in [0.1, 0.15) is 0 Å². The fourth-order valence-electron chi connectivity index (χ4n) is 3.33. The molecule has 1 heterocycles. The van der Waals surface area contributed by atoms with Crippen LogP contribution in [0.5, 0.6) is 0 Å². The molecule has 0 bridgehead atoms. The third kappa shape index (κ3) is 4.10. The molecule has 124 valence electrons. The van der Waals surface area contributed by atoms with Crippen LogP contribution in [-0.4, -0.2) is 35.9 Å². The maximum Gasteiger partial charge on any atom is 0.251 e. The maximum absolute atomic E-state index is 12.2. The van der Waals surface area contributed by atoms with Crippen LogP contribution >= 0.6 is 0 Å². The number of hydrazone groups is 1. The van der Waals surface area contributed by atoms with Gasteiger partial charge in [0, 0.05) is 30.8 Å². The van der Waals surface area contributed by atoms with E-state index in [-0.39, 0.29) is 12.0 Å². The molecular formula is C18H25N3O2. The van der Waals surface area contributed by atoms with Gasteiger partial charge in [-0.2, -0.15) is 5.10 Å². The highest BCUT2D eigenvalue weighted by molar-refractivity contribution is 5.94. The third-order valence-corrected chi connectivity index (χ3v) is 4.71.